The van der Waals surface area contributed by atoms with Gasteiger partial charge in [0.25, 0.3) is 0 Å². The number of methoxy groups -OCH3 is 1. The van der Waals surface area contributed by atoms with E-state index in [1.165, 1.54) is 0 Å². The van der Waals surface area contributed by atoms with E-state index in [-0.39, 0.29) is 12.0 Å². The molecule has 1 heterocycles. The number of carbonyl (C=O) groups is 1. The molecule has 5 heteroatoms. The predicted molar refractivity (Wildman–Crippen MR) is 79.3 cm³/mol. The standard InChI is InChI=1S/C16H20N2O3/c1-3-21-16(19)14-6-4-5-9-18(14)15-10-13(20-2)8-7-12(15)11-17/h7-8,10,14H,3-6,9H2,1-2H3. The summed E-state index contributed by atoms with van der Waals surface area (Å²) in [6, 6.07) is 7.16. The number of benzene rings is 1. The Hall–Kier alpha value is -2.22. The van der Waals surface area contributed by atoms with Crippen LogP contribution in [0.4, 0.5) is 5.69 Å². The van der Waals surface area contributed by atoms with Crippen molar-refractivity contribution >= 4 is 11.7 Å². The second kappa shape index (κ2) is 6.98. The molecule has 1 fully saturated rings. The third-order valence-electron chi connectivity index (χ3n) is 3.70. The molecule has 5 nitrogen and oxygen atoms in total. The second-order valence-electron chi connectivity index (χ2n) is 4.95. The normalized spacial score (nSPS) is 18.0. The Morgan fingerprint density at radius 2 is 2.29 bits per heavy atom. The molecule has 112 valence electrons. The number of anilines is 1. The van der Waals surface area contributed by atoms with Crippen LogP contribution in [0.2, 0.25) is 0 Å². The maximum Gasteiger partial charge on any atom is 0.328 e. The molecule has 0 aliphatic carbocycles. The van der Waals surface area contributed by atoms with Crippen LogP contribution in [0.1, 0.15) is 31.7 Å². The van der Waals surface area contributed by atoms with E-state index in [4.69, 9.17) is 9.47 Å². The fourth-order valence-electron chi connectivity index (χ4n) is 2.67. The van der Waals surface area contributed by atoms with Gasteiger partial charge in [0.05, 0.1) is 25.0 Å². The van der Waals surface area contributed by atoms with Gasteiger partial charge in [0.2, 0.25) is 0 Å². The van der Waals surface area contributed by atoms with E-state index in [2.05, 4.69) is 6.07 Å². The van der Waals surface area contributed by atoms with Crippen molar-refractivity contribution in [2.45, 2.75) is 32.2 Å². The lowest BCUT2D eigenvalue weighted by molar-refractivity contribution is -0.145. The zero-order valence-electron chi connectivity index (χ0n) is 12.5. The Balaban J connectivity index is 2.37. The first kappa shape index (κ1) is 15.2. The van der Waals surface area contributed by atoms with Gasteiger partial charge in [-0.05, 0) is 38.3 Å². The molecule has 1 saturated heterocycles. The van der Waals surface area contributed by atoms with Crippen molar-refractivity contribution in [1.29, 1.82) is 5.26 Å². The molecule has 1 unspecified atom stereocenters. The van der Waals surface area contributed by atoms with Crippen molar-refractivity contribution < 1.29 is 14.3 Å². The van der Waals surface area contributed by atoms with E-state index in [9.17, 15) is 10.1 Å². The smallest absolute Gasteiger partial charge is 0.328 e. The Bertz CT molecular complexity index is 551. The highest BCUT2D eigenvalue weighted by atomic mass is 16.5. The van der Waals surface area contributed by atoms with Crippen LogP contribution in [0.3, 0.4) is 0 Å². The fraction of sp³-hybridized carbons (Fsp3) is 0.500. The maximum absolute atomic E-state index is 12.2. The number of nitriles is 1. The SMILES string of the molecule is CCOC(=O)C1CCCCN1c1cc(OC)ccc1C#N. The highest BCUT2D eigenvalue weighted by Crippen LogP contribution is 2.31. The van der Waals surface area contributed by atoms with Crippen molar-refractivity contribution in [1.82, 2.24) is 0 Å². The number of nitrogens with zero attached hydrogens (tertiary/aromatic N) is 2. The van der Waals surface area contributed by atoms with Crippen LogP contribution in [0.25, 0.3) is 0 Å². The molecule has 1 aliphatic heterocycles. The van der Waals surface area contributed by atoms with Crippen LogP contribution < -0.4 is 9.64 Å². The average molecular weight is 288 g/mol. The van der Waals surface area contributed by atoms with Gasteiger partial charge in [-0.2, -0.15) is 5.26 Å². The van der Waals surface area contributed by atoms with Crippen LogP contribution in [-0.2, 0) is 9.53 Å². The summed E-state index contributed by atoms with van der Waals surface area (Å²) in [6.45, 7) is 2.91. The largest absolute Gasteiger partial charge is 0.497 e. The molecule has 0 N–H and O–H groups in total. The minimum atomic E-state index is -0.321. The Labute approximate surface area is 125 Å². The molecular weight excluding hydrogens is 268 g/mol. The van der Waals surface area contributed by atoms with Gasteiger partial charge in [-0.3, -0.25) is 0 Å². The van der Waals surface area contributed by atoms with Crippen LogP contribution >= 0.6 is 0 Å². The lowest BCUT2D eigenvalue weighted by Crippen LogP contribution is -2.46. The van der Waals surface area contributed by atoms with Gasteiger partial charge in [0.15, 0.2) is 0 Å². The summed E-state index contributed by atoms with van der Waals surface area (Å²) >= 11 is 0. The Morgan fingerprint density at radius 1 is 1.48 bits per heavy atom. The number of piperidine rings is 1. The molecule has 1 aliphatic rings. The molecule has 0 saturated carbocycles. The lowest BCUT2D eigenvalue weighted by Gasteiger charge is -2.36. The number of rotatable bonds is 4. The summed E-state index contributed by atoms with van der Waals surface area (Å²) in [5.74, 6) is 0.459. The minimum Gasteiger partial charge on any atom is -0.497 e. The monoisotopic (exact) mass is 288 g/mol. The molecule has 1 atom stereocenters. The first-order valence-corrected chi connectivity index (χ1v) is 7.22. The van der Waals surface area contributed by atoms with Crippen LogP contribution in [0, 0.1) is 11.3 Å². The first-order chi connectivity index (χ1) is 10.2. The van der Waals surface area contributed by atoms with Gasteiger partial charge in [-0.15, -0.1) is 0 Å². The average Bonchev–Trinajstić information content (AvgIpc) is 2.54. The topological polar surface area (TPSA) is 62.6 Å². The van der Waals surface area contributed by atoms with E-state index >= 15 is 0 Å². The summed E-state index contributed by atoms with van der Waals surface area (Å²) in [4.78, 5) is 14.1. The van der Waals surface area contributed by atoms with Gasteiger partial charge in [-0.25, -0.2) is 4.79 Å². The Morgan fingerprint density at radius 3 is 2.95 bits per heavy atom. The van der Waals surface area contributed by atoms with E-state index in [1.807, 2.05) is 11.0 Å². The number of carbonyl (C=O) groups excluding carboxylic acids is 1. The summed E-state index contributed by atoms with van der Waals surface area (Å²) in [6.07, 6.45) is 2.74. The molecule has 0 spiro atoms. The molecule has 0 amide bonds. The maximum atomic E-state index is 12.2. The van der Waals surface area contributed by atoms with Crippen molar-refractivity contribution in [2.24, 2.45) is 0 Å². The summed E-state index contributed by atoms with van der Waals surface area (Å²) in [5, 5.41) is 9.31. The second-order valence-corrected chi connectivity index (χ2v) is 4.95. The van der Waals surface area contributed by atoms with Gasteiger partial charge in [-0.1, -0.05) is 0 Å². The van der Waals surface area contributed by atoms with Crippen molar-refractivity contribution in [3.05, 3.63) is 23.8 Å². The quantitative estimate of drug-likeness (QED) is 0.796. The summed E-state index contributed by atoms with van der Waals surface area (Å²) in [7, 11) is 1.59. The lowest BCUT2D eigenvalue weighted by atomic mass is 10.00. The Kier molecular flexibility index (Phi) is 5.04. The van der Waals surface area contributed by atoms with Crippen molar-refractivity contribution in [2.75, 3.05) is 25.2 Å². The van der Waals surface area contributed by atoms with E-state index in [1.54, 1.807) is 26.2 Å². The third-order valence-corrected chi connectivity index (χ3v) is 3.70. The molecule has 21 heavy (non-hydrogen) atoms. The van der Waals surface area contributed by atoms with Gasteiger partial charge < -0.3 is 14.4 Å². The predicted octanol–water partition coefficient (Wildman–Crippen LogP) is 2.49. The van der Waals surface area contributed by atoms with Gasteiger partial charge in [0, 0.05) is 12.6 Å². The summed E-state index contributed by atoms with van der Waals surface area (Å²) in [5.41, 5.74) is 1.29. The van der Waals surface area contributed by atoms with Crippen LogP contribution in [0.5, 0.6) is 5.75 Å². The summed E-state index contributed by atoms with van der Waals surface area (Å²) < 4.78 is 10.4. The number of ether oxygens (including phenoxy) is 2. The van der Waals surface area contributed by atoms with E-state index in [0.29, 0.717) is 17.9 Å². The van der Waals surface area contributed by atoms with Crippen LogP contribution in [-0.4, -0.2) is 32.3 Å². The van der Waals surface area contributed by atoms with Crippen molar-refractivity contribution in [3.8, 4) is 11.8 Å². The zero-order valence-corrected chi connectivity index (χ0v) is 12.5. The number of esters is 1. The van der Waals surface area contributed by atoms with E-state index < -0.39 is 0 Å². The van der Waals surface area contributed by atoms with Crippen LogP contribution in [0.15, 0.2) is 18.2 Å². The molecule has 1 aromatic rings. The fourth-order valence-corrected chi connectivity index (χ4v) is 2.67. The molecule has 0 bridgehead atoms. The first-order valence-electron chi connectivity index (χ1n) is 7.22. The molecule has 0 radical (unpaired) electrons. The van der Waals surface area contributed by atoms with Gasteiger partial charge >= 0.3 is 5.97 Å². The van der Waals surface area contributed by atoms with Crippen molar-refractivity contribution in [3.63, 3.8) is 0 Å². The molecule has 1 aromatic carbocycles. The molecule has 2 rings (SSSR count). The number of hydrogen-bond acceptors (Lipinski definition) is 5. The minimum absolute atomic E-state index is 0.219. The third kappa shape index (κ3) is 3.27. The number of hydrogen-bond donors (Lipinski definition) is 0. The van der Waals surface area contributed by atoms with Gasteiger partial charge in [0.1, 0.15) is 17.9 Å². The molecule has 0 aromatic heterocycles. The molecular formula is C16H20N2O3. The highest BCUT2D eigenvalue weighted by molar-refractivity contribution is 5.81. The van der Waals surface area contributed by atoms with E-state index in [0.717, 1.165) is 31.5 Å². The zero-order chi connectivity index (χ0) is 15.2. The highest BCUT2D eigenvalue weighted by Gasteiger charge is 2.31.